The predicted molar refractivity (Wildman–Crippen MR) is 60.3 cm³/mol. The molecule has 1 aliphatic rings. The Balaban J connectivity index is 1.97. The van der Waals surface area contributed by atoms with E-state index in [9.17, 15) is 0 Å². The monoisotopic (exact) mass is 189 g/mol. The van der Waals surface area contributed by atoms with Crippen LogP contribution in [-0.2, 0) is 6.42 Å². The van der Waals surface area contributed by atoms with Gasteiger partial charge in [0.1, 0.15) is 0 Å². The molecule has 2 atom stereocenters. The first-order valence-corrected chi connectivity index (χ1v) is 5.61. The van der Waals surface area contributed by atoms with Crippen LogP contribution in [0.4, 0.5) is 0 Å². The van der Waals surface area contributed by atoms with Crippen LogP contribution in [-0.4, -0.2) is 13.1 Å². The molecular formula is C13H19N. The second kappa shape index (κ2) is 4.61. The van der Waals surface area contributed by atoms with Gasteiger partial charge in [0.05, 0.1) is 0 Å². The van der Waals surface area contributed by atoms with E-state index >= 15 is 0 Å². The van der Waals surface area contributed by atoms with Gasteiger partial charge in [0.2, 0.25) is 0 Å². The van der Waals surface area contributed by atoms with Gasteiger partial charge in [0.25, 0.3) is 0 Å². The molecule has 0 amide bonds. The number of hydrogen-bond donors (Lipinski definition) is 1. The smallest absolute Gasteiger partial charge is 0.00955 e. The molecule has 0 saturated heterocycles. The number of rotatable bonds is 3. The summed E-state index contributed by atoms with van der Waals surface area (Å²) in [5.74, 6) is 0.849. The largest absolute Gasteiger partial charge is 0.317 e. The highest BCUT2D eigenvalue weighted by Gasteiger charge is 2.25. The summed E-state index contributed by atoms with van der Waals surface area (Å²) >= 11 is 0. The Hall–Kier alpha value is -0.820. The van der Waals surface area contributed by atoms with Crippen LogP contribution in [0.2, 0.25) is 0 Å². The van der Waals surface area contributed by atoms with Gasteiger partial charge in [0.15, 0.2) is 0 Å². The molecule has 1 N–H and O–H groups in total. The molecule has 0 unspecified atom stereocenters. The van der Waals surface area contributed by atoms with Gasteiger partial charge < -0.3 is 5.32 Å². The summed E-state index contributed by atoms with van der Waals surface area (Å²) in [6, 6.07) is 11.6. The highest BCUT2D eigenvalue weighted by atomic mass is 14.9. The Bertz CT molecular complexity index is 268. The molecule has 0 aliphatic heterocycles. The van der Waals surface area contributed by atoms with Crippen molar-refractivity contribution < 1.29 is 0 Å². The molecular weight excluding hydrogens is 170 g/mol. The fourth-order valence-electron chi connectivity index (χ4n) is 2.58. The molecule has 0 heterocycles. The third-order valence-corrected chi connectivity index (χ3v) is 3.37. The molecule has 0 aromatic heterocycles. The quantitative estimate of drug-likeness (QED) is 0.770. The first-order chi connectivity index (χ1) is 6.90. The minimum absolute atomic E-state index is 0.746. The molecule has 1 aromatic carbocycles. The summed E-state index contributed by atoms with van der Waals surface area (Å²) in [6.07, 6.45) is 5.38. The highest BCUT2D eigenvalue weighted by molar-refractivity contribution is 5.16. The van der Waals surface area contributed by atoms with Gasteiger partial charge in [-0.15, -0.1) is 0 Å². The molecule has 1 aliphatic carbocycles. The second-order valence-corrected chi connectivity index (χ2v) is 4.28. The minimum atomic E-state index is 0.746. The van der Waals surface area contributed by atoms with E-state index in [0.717, 1.165) is 12.0 Å². The fourth-order valence-corrected chi connectivity index (χ4v) is 2.58. The van der Waals surface area contributed by atoms with E-state index in [2.05, 4.69) is 42.7 Å². The summed E-state index contributed by atoms with van der Waals surface area (Å²) in [7, 11) is 2.09. The standard InChI is InChI=1S/C13H19N/c1-14-13-9-5-8-12(13)10-11-6-3-2-4-7-11/h2-4,6-7,12-14H,5,8-10H2,1H3/t12-,13-/m0/s1. The van der Waals surface area contributed by atoms with Crippen LogP contribution in [0.15, 0.2) is 30.3 Å². The topological polar surface area (TPSA) is 12.0 Å². The van der Waals surface area contributed by atoms with Crippen molar-refractivity contribution in [2.75, 3.05) is 7.05 Å². The zero-order valence-electron chi connectivity index (χ0n) is 8.87. The van der Waals surface area contributed by atoms with E-state index in [1.54, 1.807) is 0 Å². The van der Waals surface area contributed by atoms with Crippen molar-refractivity contribution in [3.8, 4) is 0 Å². The molecule has 0 spiro atoms. The van der Waals surface area contributed by atoms with Crippen molar-refractivity contribution in [2.45, 2.75) is 31.7 Å². The molecule has 1 heteroatoms. The third kappa shape index (κ3) is 2.16. The summed E-state index contributed by atoms with van der Waals surface area (Å²) in [4.78, 5) is 0. The molecule has 14 heavy (non-hydrogen) atoms. The molecule has 0 radical (unpaired) electrons. The van der Waals surface area contributed by atoms with Crippen molar-refractivity contribution in [2.24, 2.45) is 5.92 Å². The van der Waals surface area contributed by atoms with Gasteiger partial charge in [-0.25, -0.2) is 0 Å². The summed E-state index contributed by atoms with van der Waals surface area (Å²) < 4.78 is 0. The van der Waals surface area contributed by atoms with Crippen LogP contribution in [0.1, 0.15) is 24.8 Å². The van der Waals surface area contributed by atoms with Crippen molar-refractivity contribution in [3.05, 3.63) is 35.9 Å². The average Bonchev–Trinajstić information content (AvgIpc) is 2.67. The van der Waals surface area contributed by atoms with Crippen molar-refractivity contribution in [1.82, 2.24) is 5.32 Å². The Kier molecular flexibility index (Phi) is 3.20. The highest BCUT2D eigenvalue weighted by Crippen LogP contribution is 2.28. The van der Waals surface area contributed by atoms with Crippen LogP contribution in [0.25, 0.3) is 0 Å². The van der Waals surface area contributed by atoms with Crippen LogP contribution < -0.4 is 5.32 Å². The van der Waals surface area contributed by atoms with E-state index < -0.39 is 0 Å². The Morgan fingerprint density at radius 3 is 2.71 bits per heavy atom. The lowest BCUT2D eigenvalue weighted by Gasteiger charge is -2.18. The third-order valence-electron chi connectivity index (χ3n) is 3.37. The maximum Gasteiger partial charge on any atom is 0.00955 e. The molecule has 1 aromatic rings. The second-order valence-electron chi connectivity index (χ2n) is 4.28. The predicted octanol–water partition coefficient (Wildman–Crippen LogP) is 2.62. The zero-order valence-corrected chi connectivity index (χ0v) is 8.87. The average molecular weight is 189 g/mol. The maximum atomic E-state index is 3.43. The van der Waals surface area contributed by atoms with E-state index in [0.29, 0.717) is 0 Å². The lowest BCUT2D eigenvalue weighted by Crippen LogP contribution is -2.29. The van der Waals surface area contributed by atoms with E-state index in [1.807, 2.05) is 0 Å². The van der Waals surface area contributed by atoms with Crippen LogP contribution in [0.3, 0.4) is 0 Å². The molecule has 1 fully saturated rings. The van der Waals surface area contributed by atoms with Gasteiger partial charge in [0, 0.05) is 6.04 Å². The maximum absolute atomic E-state index is 3.43. The van der Waals surface area contributed by atoms with Crippen LogP contribution in [0.5, 0.6) is 0 Å². The summed E-state index contributed by atoms with van der Waals surface area (Å²) in [5.41, 5.74) is 1.49. The van der Waals surface area contributed by atoms with Crippen molar-refractivity contribution in [1.29, 1.82) is 0 Å². The Morgan fingerprint density at radius 2 is 2.00 bits per heavy atom. The van der Waals surface area contributed by atoms with Gasteiger partial charge in [-0.1, -0.05) is 36.8 Å². The first kappa shape index (κ1) is 9.72. The van der Waals surface area contributed by atoms with Gasteiger partial charge in [-0.3, -0.25) is 0 Å². The lowest BCUT2D eigenvalue weighted by molar-refractivity contribution is 0.423. The van der Waals surface area contributed by atoms with Crippen molar-refractivity contribution in [3.63, 3.8) is 0 Å². The van der Waals surface area contributed by atoms with Crippen LogP contribution >= 0.6 is 0 Å². The van der Waals surface area contributed by atoms with Gasteiger partial charge >= 0.3 is 0 Å². The lowest BCUT2D eigenvalue weighted by atomic mass is 9.95. The van der Waals surface area contributed by atoms with Crippen LogP contribution in [0, 0.1) is 5.92 Å². The minimum Gasteiger partial charge on any atom is -0.317 e. The summed E-state index contributed by atoms with van der Waals surface area (Å²) in [6.45, 7) is 0. The van der Waals surface area contributed by atoms with Crippen molar-refractivity contribution >= 4 is 0 Å². The normalized spacial score (nSPS) is 26.6. The Morgan fingerprint density at radius 1 is 1.21 bits per heavy atom. The number of nitrogens with one attached hydrogen (secondary N) is 1. The van der Waals surface area contributed by atoms with Gasteiger partial charge in [-0.05, 0) is 37.8 Å². The number of benzene rings is 1. The molecule has 0 bridgehead atoms. The molecule has 1 saturated carbocycles. The first-order valence-electron chi connectivity index (χ1n) is 5.61. The molecule has 76 valence electrons. The SMILES string of the molecule is CN[C@H]1CCC[C@H]1Cc1ccccc1. The van der Waals surface area contributed by atoms with Gasteiger partial charge in [-0.2, -0.15) is 0 Å². The Labute approximate surface area is 86.5 Å². The fraction of sp³-hybridized carbons (Fsp3) is 0.538. The van der Waals surface area contributed by atoms with E-state index in [4.69, 9.17) is 0 Å². The molecule has 2 rings (SSSR count). The summed E-state index contributed by atoms with van der Waals surface area (Å²) in [5, 5.41) is 3.43. The number of hydrogen-bond acceptors (Lipinski definition) is 1. The zero-order chi connectivity index (χ0) is 9.80. The van der Waals surface area contributed by atoms with E-state index in [1.165, 1.54) is 31.2 Å². The van der Waals surface area contributed by atoms with E-state index in [-0.39, 0.29) is 0 Å². The molecule has 1 nitrogen and oxygen atoms in total.